The van der Waals surface area contributed by atoms with Crippen LogP contribution in [-0.4, -0.2) is 41.0 Å². The number of fused-ring (bicyclic) bond motifs is 1. The molecule has 0 bridgehead atoms. The van der Waals surface area contributed by atoms with Crippen LogP contribution in [0.2, 0.25) is 0 Å². The Bertz CT molecular complexity index is 662. The summed E-state index contributed by atoms with van der Waals surface area (Å²) in [4.78, 5) is 31.0. The van der Waals surface area contributed by atoms with E-state index in [9.17, 15) is 9.59 Å². The van der Waals surface area contributed by atoms with Crippen molar-refractivity contribution in [3.05, 3.63) is 30.1 Å². The van der Waals surface area contributed by atoms with Crippen molar-refractivity contribution in [2.75, 3.05) is 13.1 Å². The first-order chi connectivity index (χ1) is 11.7. The number of nitrogens with one attached hydrogen (secondary N) is 1. The molecule has 2 heterocycles. The number of piperidine rings is 1. The maximum Gasteiger partial charge on any atom is 0.408 e. The second kappa shape index (κ2) is 6.32. The van der Waals surface area contributed by atoms with Crippen LogP contribution in [0.4, 0.5) is 4.79 Å². The number of nitrogens with zero attached hydrogens (tertiary/aromatic N) is 2. The zero-order valence-electron chi connectivity index (χ0n) is 15.4. The highest BCUT2D eigenvalue weighted by Gasteiger charge is 2.58. The first-order valence-corrected chi connectivity index (χ1v) is 8.80. The smallest absolute Gasteiger partial charge is 0.408 e. The zero-order chi connectivity index (χ0) is 18.2. The molecule has 0 aromatic carbocycles. The number of carbonyl (C=O) groups is 2. The van der Waals surface area contributed by atoms with E-state index in [1.165, 1.54) is 6.42 Å². The van der Waals surface area contributed by atoms with Gasteiger partial charge in [0.2, 0.25) is 5.91 Å². The minimum atomic E-state index is -0.599. The van der Waals surface area contributed by atoms with Crippen molar-refractivity contribution >= 4 is 12.0 Å². The summed E-state index contributed by atoms with van der Waals surface area (Å²) >= 11 is 0. The van der Waals surface area contributed by atoms with Gasteiger partial charge in [-0.15, -0.1) is 0 Å². The topological polar surface area (TPSA) is 71.5 Å². The molecular weight excluding hydrogens is 318 g/mol. The Hall–Kier alpha value is -2.11. The van der Waals surface area contributed by atoms with Gasteiger partial charge in [0.05, 0.1) is 0 Å². The number of ether oxygens (including phenoxy) is 1. The average molecular weight is 347 g/mol. The Balaban J connectivity index is 0.00000243. The summed E-state index contributed by atoms with van der Waals surface area (Å²) in [6.07, 6.45) is 3.94. The van der Waals surface area contributed by atoms with Crippen LogP contribution in [0.1, 0.15) is 41.1 Å². The highest BCUT2D eigenvalue weighted by Crippen LogP contribution is 2.57. The molecule has 2 aliphatic rings. The molecule has 0 radical (unpaired) electrons. The van der Waals surface area contributed by atoms with Crippen LogP contribution < -0.4 is 5.32 Å². The molecule has 1 aliphatic carbocycles. The van der Waals surface area contributed by atoms with Gasteiger partial charge in [0.15, 0.2) is 0 Å². The molecule has 6 heteroatoms. The van der Waals surface area contributed by atoms with E-state index >= 15 is 0 Å². The van der Waals surface area contributed by atoms with E-state index in [-0.39, 0.29) is 19.4 Å². The first kappa shape index (κ1) is 17.7. The van der Waals surface area contributed by atoms with Gasteiger partial charge in [0.25, 0.3) is 0 Å². The van der Waals surface area contributed by atoms with Crippen molar-refractivity contribution in [1.82, 2.24) is 15.2 Å². The Morgan fingerprint density at radius 3 is 2.68 bits per heavy atom. The number of pyridine rings is 1. The molecule has 25 heavy (non-hydrogen) atoms. The molecule has 1 saturated heterocycles. The van der Waals surface area contributed by atoms with E-state index in [4.69, 9.17) is 4.74 Å². The fourth-order valence-electron chi connectivity index (χ4n) is 3.54. The summed E-state index contributed by atoms with van der Waals surface area (Å²) in [5.74, 6) is 0.609. The molecule has 0 unspecified atom stereocenters. The predicted octanol–water partition coefficient (Wildman–Crippen LogP) is 2.84. The summed E-state index contributed by atoms with van der Waals surface area (Å²) < 4.78 is 5.27. The van der Waals surface area contributed by atoms with E-state index < -0.39 is 12.1 Å². The van der Waals surface area contributed by atoms with Crippen molar-refractivity contribution in [1.29, 1.82) is 0 Å². The number of hydrogen-bond acceptors (Lipinski definition) is 4. The number of carbonyl (C=O) groups excluding carboxylic acids is 2. The zero-order valence-corrected chi connectivity index (χ0v) is 15.4. The summed E-state index contributed by atoms with van der Waals surface area (Å²) in [5, 5.41) is 2.78. The fraction of sp³-hybridized carbons (Fsp3) is 0.632. The van der Waals surface area contributed by atoms with Gasteiger partial charge in [0, 0.05) is 26.9 Å². The van der Waals surface area contributed by atoms with Crippen LogP contribution in [0.3, 0.4) is 0 Å². The van der Waals surface area contributed by atoms with Crippen LogP contribution in [-0.2, 0) is 16.1 Å². The standard InChI is InChI=1S/C19H27N3O3.H2/c1-18(2,3)15(16(23)22-10-14-9-19(14,4)12-22)21-17(24)25-11-13-5-7-20-8-6-13;/h5-8,14-15H,9-12H2,1-4H3,(H,21,24);1H/t14-,15+,19+;/m0./s1. The maximum atomic E-state index is 13.0. The van der Waals surface area contributed by atoms with Crippen molar-refractivity contribution in [3.63, 3.8) is 0 Å². The van der Waals surface area contributed by atoms with E-state index in [1.54, 1.807) is 24.5 Å². The van der Waals surface area contributed by atoms with Gasteiger partial charge in [-0.1, -0.05) is 27.7 Å². The minimum absolute atomic E-state index is 0. The lowest BCUT2D eigenvalue weighted by Crippen LogP contribution is -2.54. The number of aromatic nitrogens is 1. The number of amides is 2. The van der Waals surface area contributed by atoms with Crippen LogP contribution in [0.15, 0.2) is 24.5 Å². The highest BCUT2D eigenvalue weighted by molar-refractivity contribution is 5.87. The molecule has 1 aromatic rings. The molecule has 1 aromatic heterocycles. The molecule has 1 aliphatic heterocycles. The van der Waals surface area contributed by atoms with Gasteiger partial charge in [-0.05, 0) is 40.9 Å². The van der Waals surface area contributed by atoms with Gasteiger partial charge in [-0.3, -0.25) is 9.78 Å². The Labute approximate surface area is 150 Å². The molecule has 3 atom stereocenters. The van der Waals surface area contributed by atoms with Gasteiger partial charge < -0.3 is 15.0 Å². The lowest BCUT2D eigenvalue weighted by Gasteiger charge is -2.34. The van der Waals surface area contributed by atoms with Crippen molar-refractivity contribution in [3.8, 4) is 0 Å². The molecular formula is C19H29N3O3. The van der Waals surface area contributed by atoms with Crippen LogP contribution in [0.25, 0.3) is 0 Å². The number of alkyl carbamates (subject to hydrolysis) is 1. The molecule has 2 fully saturated rings. The molecule has 2 amide bonds. The summed E-state index contributed by atoms with van der Waals surface area (Å²) in [6.45, 7) is 9.84. The molecule has 1 saturated carbocycles. The second-order valence-corrected chi connectivity index (χ2v) is 8.65. The summed E-state index contributed by atoms with van der Waals surface area (Å²) in [6, 6.07) is 2.98. The molecule has 6 nitrogen and oxygen atoms in total. The molecule has 138 valence electrons. The fourth-order valence-corrected chi connectivity index (χ4v) is 3.54. The maximum absolute atomic E-state index is 13.0. The Kier molecular flexibility index (Phi) is 4.47. The third-order valence-electron chi connectivity index (χ3n) is 5.34. The van der Waals surface area contributed by atoms with Gasteiger partial charge >= 0.3 is 6.09 Å². The predicted molar refractivity (Wildman–Crippen MR) is 95.7 cm³/mol. The third kappa shape index (κ3) is 3.94. The number of rotatable bonds is 4. The van der Waals surface area contributed by atoms with Crippen molar-refractivity contribution < 1.29 is 15.8 Å². The molecule has 0 spiro atoms. The average Bonchev–Trinajstić information content (AvgIpc) is 3.07. The van der Waals surface area contributed by atoms with Gasteiger partial charge in [0.1, 0.15) is 12.6 Å². The molecule has 3 rings (SSSR count). The SMILES string of the molecule is CC(C)(C)[C@H](NC(=O)OCc1ccncc1)C(=O)N1C[C@@H]2C[C@]2(C)C1.[HH]. The van der Waals surface area contributed by atoms with Crippen LogP contribution in [0.5, 0.6) is 0 Å². The largest absolute Gasteiger partial charge is 0.445 e. The number of hydrogen-bond donors (Lipinski definition) is 1. The quantitative estimate of drug-likeness (QED) is 0.909. The second-order valence-electron chi connectivity index (χ2n) is 8.65. The Morgan fingerprint density at radius 2 is 2.12 bits per heavy atom. The summed E-state index contributed by atoms with van der Waals surface area (Å²) in [7, 11) is 0. The monoisotopic (exact) mass is 347 g/mol. The van der Waals surface area contributed by atoms with Gasteiger partial charge in [-0.2, -0.15) is 0 Å². The van der Waals surface area contributed by atoms with Crippen molar-refractivity contribution in [2.24, 2.45) is 16.7 Å². The summed E-state index contributed by atoms with van der Waals surface area (Å²) in [5.41, 5.74) is 0.761. The molecule has 1 N–H and O–H groups in total. The van der Waals surface area contributed by atoms with E-state index in [1.807, 2.05) is 25.7 Å². The minimum Gasteiger partial charge on any atom is -0.445 e. The van der Waals surface area contributed by atoms with Crippen LogP contribution >= 0.6 is 0 Å². The van der Waals surface area contributed by atoms with E-state index in [2.05, 4.69) is 17.2 Å². The van der Waals surface area contributed by atoms with Crippen molar-refractivity contribution in [2.45, 2.75) is 46.8 Å². The van der Waals surface area contributed by atoms with E-state index in [0.29, 0.717) is 11.3 Å². The van der Waals surface area contributed by atoms with Crippen LogP contribution in [0, 0.1) is 16.7 Å². The third-order valence-corrected chi connectivity index (χ3v) is 5.34. The van der Waals surface area contributed by atoms with E-state index in [0.717, 1.165) is 18.7 Å². The number of likely N-dealkylation sites (tertiary alicyclic amines) is 1. The highest BCUT2D eigenvalue weighted by atomic mass is 16.5. The Morgan fingerprint density at radius 1 is 1.44 bits per heavy atom. The normalized spacial score (nSPS) is 25.9. The lowest BCUT2D eigenvalue weighted by atomic mass is 9.86. The first-order valence-electron chi connectivity index (χ1n) is 8.80. The van der Waals surface area contributed by atoms with Gasteiger partial charge in [-0.25, -0.2) is 4.79 Å². The lowest BCUT2D eigenvalue weighted by molar-refractivity contribution is -0.135.